The van der Waals surface area contributed by atoms with Crippen molar-refractivity contribution in [2.45, 2.75) is 26.3 Å². The van der Waals surface area contributed by atoms with Crippen molar-refractivity contribution >= 4 is 11.9 Å². The van der Waals surface area contributed by atoms with Crippen molar-refractivity contribution in [1.29, 1.82) is 0 Å². The van der Waals surface area contributed by atoms with Crippen molar-refractivity contribution < 1.29 is 18.7 Å². The Morgan fingerprint density at radius 2 is 1.88 bits per heavy atom. The van der Waals surface area contributed by atoms with Crippen LogP contribution in [0.25, 0.3) is 0 Å². The van der Waals surface area contributed by atoms with Gasteiger partial charge >= 0.3 is 5.97 Å². The molecular weight excluding hydrogens is 309 g/mol. The fourth-order valence-corrected chi connectivity index (χ4v) is 2.37. The van der Waals surface area contributed by atoms with Gasteiger partial charge in [-0.05, 0) is 48.7 Å². The van der Waals surface area contributed by atoms with Crippen molar-refractivity contribution in [3.8, 4) is 0 Å². The van der Waals surface area contributed by atoms with Gasteiger partial charge in [-0.15, -0.1) is 0 Å². The summed E-state index contributed by atoms with van der Waals surface area (Å²) < 4.78 is 18.0. The molecule has 1 amide bonds. The fourth-order valence-electron chi connectivity index (χ4n) is 2.37. The first-order valence-electron chi connectivity index (χ1n) is 7.61. The third-order valence-corrected chi connectivity index (χ3v) is 3.89. The Bertz CT molecular complexity index is 758. The standard InChI is InChI=1S/C19H20FNO3/c1-12-7-8-14(9-13(12)2)10-17(19(23)24-3)21-18(22)15-5-4-6-16(20)11-15/h4-9,11,17H,10H2,1-3H3,(H,21,22)/t17-/m1/s1. The molecule has 24 heavy (non-hydrogen) atoms. The molecular formula is C19H20FNO3. The van der Waals surface area contributed by atoms with E-state index in [-0.39, 0.29) is 5.56 Å². The molecule has 5 heteroatoms. The number of halogens is 1. The Morgan fingerprint density at radius 1 is 1.12 bits per heavy atom. The quantitative estimate of drug-likeness (QED) is 0.858. The van der Waals surface area contributed by atoms with Crippen molar-refractivity contribution in [2.75, 3.05) is 7.11 Å². The third kappa shape index (κ3) is 4.41. The van der Waals surface area contributed by atoms with Gasteiger partial charge in [-0.25, -0.2) is 9.18 Å². The predicted molar refractivity (Wildman–Crippen MR) is 89.3 cm³/mol. The summed E-state index contributed by atoms with van der Waals surface area (Å²) in [6, 6.07) is 10.3. The lowest BCUT2D eigenvalue weighted by atomic mass is 10.0. The summed E-state index contributed by atoms with van der Waals surface area (Å²) in [5.74, 6) is -1.57. The number of methoxy groups -OCH3 is 1. The summed E-state index contributed by atoms with van der Waals surface area (Å²) in [5.41, 5.74) is 3.32. The number of carbonyl (C=O) groups is 2. The number of benzene rings is 2. The number of nitrogens with one attached hydrogen (secondary N) is 1. The fraction of sp³-hybridized carbons (Fsp3) is 0.263. The van der Waals surface area contributed by atoms with Gasteiger partial charge in [0.05, 0.1) is 7.11 Å². The van der Waals surface area contributed by atoms with Crippen LogP contribution in [-0.2, 0) is 16.0 Å². The van der Waals surface area contributed by atoms with Crippen LogP contribution in [0.2, 0.25) is 0 Å². The average molecular weight is 329 g/mol. The van der Waals surface area contributed by atoms with Gasteiger partial charge in [-0.1, -0.05) is 24.3 Å². The molecule has 0 radical (unpaired) electrons. The van der Waals surface area contributed by atoms with Gasteiger partial charge in [0, 0.05) is 12.0 Å². The first-order valence-corrected chi connectivity index (χ1v) is 7.61. The second-order valence-corrected chi connectivity index (χ2v) is 5.68. The average Bonchev–Trinajstić information content (AvgIpc) is 2.56. The molecule has 0 bridgehead atoms. The minimum Gasteiger partial charge on any atom is -0.467 e. The third-order valence-electron chi connectivity index (χ3n) is 3.89. The second kappa shape index (κ2) is 7.73. The normalized spacial score (nSPS) is 11.7. The topological polar surface area (TPSA) is 55.4 Å². The summed E-state index contributed by atoms with van der Waals surface area (Å²) >= 11 is 0. The van der Waals surface area contributed by atoms with Gasteiger partial charge in [-0.2, -0.15) is 0 Å². The predicted octanol–water partition coefficient (Wildman–Crippen LogP) is 2.96. The molecule has 2 aromatic carbocycles. The molecule has 0 aliphatic heterocycles. The summed E-state index contributed by atoms with van der Waals surface area (Å²) in [5, 5.41) is 2.61. The highest BCUT2D eigenvalue weighted by Gasteiger charge is 2.23. The minimum atomic E-state index is -0.840. The summed E-state index contributed by atoms with van der Waals surface area (Å²) in [7, 11) is 1.27. The molecule has 1 N–H and O–H groups in total. The summed E-state index contributed by atoms with van der Waals surface area (Å²) in [6.07, 6.45) is 0.300. The van der Waals surface area contributed by atoms with E-state index in [1.54, 1.807) is 0 Å². The van der Waals surface area contributed by atoms with Crippen molar-refractivity contribution in [3.05, 3.63) is 70.5 Å². The highest BCUT2D eigenvalue weighted by molar-refractivity contribution is 5.96. The van der Waals surface area contributed by atoms with E-state index in [1.807, 2.05) is 32.0 Å². The van der Waals surface area contributed by atoms with Gasteiger partial charge in [-0.3, -0.25) is 4.79 Å². The van der Waals surface area contributed by atoms with Crippen LogP contribution in [0, 0.1) is 19.7 Å². The van der Waals surface area contributed by atoms with E-state index in [9.17, 15) is 14.0 Å². The number of carbonyl (C=O) groups excluding carboxylic acids is 2. The van der Waals surface area contributed by atoms with E-state index in [1.165, 1.54) is 25.3 Å². The van der Waals surface area contributed by atoms with Crippen molar-refractivity contribution in [3.63, 3.8) is 0 Å². The monoisotopic (exact) mass is 329 g/mol. The molecule has 0 aliphatic carbocycles. The molecule has 126 valence electrons. The lowest BCUT2D eigenvalue weighted by molar-refractivity contribution is -0.142. The number of esters is 1. The summed E-state index contributed by atoms with van der Waals surface area (Å²) in [4.78, 5) is 24.2. The number of aryl methyl sites for hydroxylation is 2. The van der Waals surface area contributed by atoms with Crippen LogP contribution in [0.4, 0.5) is 4.39 Å². The molecule has 0 fully saturated rings. The van der Waals surface area contributed by atoms with E-state index >= 15 is 0 Å². The van der Waals surface area contributed by atoms with Crippen LogP contribution in [0.3, 0.4) is 0 Å². The maximum Gasteiger partial charge on any atom is 0.328 e. The number of amides is 1. The molecule has 0 aromatic heterocycles. The van der Waals surface area contributed by atoms with Gasteiger partial charge in [0.2, 0.25) is 0 Å². The Balaban J connectivity index is 2.17. The minimum absolute atomic E-state index is 0.156. The first kappa shape index (κ1) is 17.7. The van der Waals surface area contributed by atoms with E-state index < -0.39 is 23.7 Å². The van der Waals surface area contributed by atoms with E-state index in [4.69, 9.17) is 4.74 Å². The van der Waals surface area contributed by atoms with Gasteiger partial charge in [0.1, 0.15) is 11.9 Å². The van der Waals surface area contributed by atoms with Crippen LogP contribution in [0.15, 0.2) is 42.5 Å². The van der Waals surface area contributed by atoms with Crippen molar-refractivity contribution in [1.82, 2.24) is 5.32 Å². The molecule has 1 atom stereocenters. The number of ether oxygens (including phenoxy) is 1. The smallest absolute Gasteiger partial charge is 0.328 e. The van der Waals surface area contributed by atoms with Crippen LogP contribution < -0.4 is 5.32 Å². The number of rotatable bonds is 5. The molecule has 0 spiro atoms. The molecule has 2 aromatic rings. The molecule has 0 saturated carbocycles. The molecule has 0 heterocycles. The zero-order valence-corrected chi connectivity index (χ0v) is 13.9. The molecule has 0 unspecified atom stereocenters. The molecule has 0 aliphatic rings. The Morgan fingerprint density at radius 3 is 2.50 bits per heavy atom. The highest BCUT2D eigenvalue weighted by atomic mass is 19.1. The zero-order chi connectivity index (χ0) is 17.7. The lowest BCUT2D eigenvalue weighted by Crippen LogP contribution is -2.43. The Labute approximate surface area is 140 Å². The van der Waals surface area contributed by atoms with Gasteiger partial charge < -0.3 is 10.1 Å². The largest absolute Gasteiger partial charge is 0.467 e. The summed E-state index contributed by atoms with van der Waals surface area (Å²) in [6.45, 7) is 3.99. The Kier molecular flexibility index (Phi) is 5.68. The number of hydrogen-bond acceptors (Lipinski definition) is 3. The van der Waals surface area contributed by atoms with E-state index in [0.29, 0.717) is 6.42 Å². The van der Waals surface area contributed by atoms with Crippen LogP contribution >= 0.6 is 0 Å². The SMILES string of the molecule is COC(=O)[C@@H](Cc1ccc(C)c(C)c1)NC(=O)c1cccc(F)c1. The highest BCUT2D eigenvalue weighted by Crippen LogP contribution is 2.13. The maximum atomic E-state index is 13.2. The molecule has 2 rings (SSSR count). The van der Waals surface area contributed by atoms with E-state index in [2.05, 4.69) is 5.32 Å². The van der Waals surface area contributed by atoms with Crippen LogP contribution in [-0.4, -0.2) is 25.0 Å². The molecule has 0 saturated heterocycles. The van der Waals surface area contributed by atoms with Crippen LogP contribution in [0.5, 0.6) is 0 Å². The van der Waals surface area contributed by atoms with Crippen molar-refractivity contribution in [2.24, 2.45) is 0 Å². The Hall–Kier alpha value is -2.69. The lowest BCUT2D eigenvalue weighted by Gasteiger charge is -2.17. The second-order valence-electron chi connectivity index (χ2n) is 5.68. The van der Waals surface area contributed by atoms with Gasteiger partial charge in [0.15, 0.2) is 0 Å². The number of hydrogen-bond donors (Lipinski definition) is 1. The maximum absolute atomic E-state index is 13.2. The zero-order valence-electron chi connectivity index (χ0n) is 13.9. The van der Waals surface area contributed by atoms with Crippen LogP contribution in [0.1, 0.15) is 27.0 Å². The van der Waals surface area contributed by atoms with E-state index in [0.717, 1.165) is 22.8 Å². The molecule has 4 nitrogen and oxygen atoms in total. The first-order chi connectivity index (χ1) is 11.4. The van der Waals surface area contributed by atoms with Gasteiger partial charge in [0.25, 0.3) is 5.91 Å².